The average Bonchev–Trinajstić information content (AvgIpc) is 3.05. The van der Waals surface area contributed by atoms with Crippen molar-refractivity contribution in [2.45, 2.75) is 45.9 Å². The molecule has 0 aliphatic carbocycles. The van der Waals surface area contributed by atoms with Crippen LogP contribution in [-0.2, 0) is 19.7 Å². The lowest BCUT2D eigenvalue weighted by molar-refractivity contribution is -0.121. The predicted octanol–water partition coefficient (Wildman–Crippen LogP) is 0.282. The van der Waals surface area contributed by atoms with Gasteiger partial charge < -0.3 is 9.26 Å². The highest BCUT2D eigenvalue weighted by Crippen LogP contribution is 2.20. The highest BCUT2D eigenvalue weighted by molar-refractivity contribution is 7.86. The van der Waals surface area contributed by atoms with E-state index in [0.717, 1.165) is 0 Å². The second kappa shape index (κ2) is 8.46. The number of aryl methyl sites for hydroxylation is 1. The molecule has 2 aliphatic rings. The Morgan fingerprint density at radius 2 is 1.79 bits per heavy atom. The Bertz CT molecular complexity index is 780. The molecule has 2 saturated heterocycles. The van der Waals surface area contributed by atoms with E-state index in [9.17, 15) is 13.2 Å². The van der Waals surface area contributed by atoms with Gasteiger partial charge in [-0.25, -0.2) is 0 Å². The van der Waals surface area contributed by atoms with Crippen LogP contribution in [0.15, 0.2) is 10.6 Å². The van der Waals surface area contributed by atoms with Gasteiger partial charge in [0.15, 0.2) is 0 Å². The summed E-state index contributed by atoms with van der Waals surface area (Å²) in [5.41, 5.74) is 0.688. The lowest BCUT2D eigenvalue weighted by Gasteiger charge is -2.41. The maximum Gasteiger partial charge on any atom is 0.282 e. The van der Waals surface area contributed by atoms with Gasteiger partial charge in [0.1, 0.15) is 0 Å². The third-order valence-corrected chi connectivity index (χ3v) is 7.08. The number of ether oxygens (including phenoxy) is 1. The Balaban J connectivity index is 1.55. The fourth-order valence-electron chi connectivity index (χ4n) is 3.62. The van der Waals surface area contributed by atoms with Crippen LogP contribution in [0.3, 0.4) is 0 Å². The summed E-state index contributed by atoms with van der Waals surface area (Å²) >= 11 is 0. The van der Waals surface area contributed by atoms with Crippen LogP contribution in [0.1, 0.15) is 26.5 Å². The maximum atomic E-state index is 13.0. The Labute approximate surface area is 165 Å². The van der Waals surface area contributed by atoms with Crippen LogP contribution >= 0.6 is 0 Å². The highest BCUT2D eigenvalue weighted by Gasteiger charge is 2.37. The molecule has 10 nitrogen and oxygen atoms in total. The van der Waals surface area contributed by atoms with E-state index >= 15 is 0 Å². The van der Waals surface area contributed by atoms with Crippen LogP contribution in [0.2, 0.25) is 0 Å². The minimum absolute atomic E-state index is 0.122. The summed E-state index contributed by atoms with van der Waals surface area (Å²) in [6, 6.07) is 1.25. The molecule has 3 atom stereocenters. The molecule has 0 radical (unpaired) electrons. The Kier molecular flexibility index (Phi) is 6.40. The third kappa shape index (κ3) is 4.71. The Morgan fingerprint density at radius 1 is 1.18 bits per heavy atom. The van der Waals surface area contributed by atoms with Crippen molar-refractivity contribution < 1.29 is 22.5 Å². The number of aromatic nitrogens is 1. The Morgan fingerprint density at radius 3 is 2.32 bits per heavy atom. The van der Waals surface area contributed by atoms with Crippen molar-refractivity contribution in [1.82, 2.24) is 18.7 Å². The molecule has 0 saturated carbocycles. The topological polar surface area (TPSA) is 108 Å². The number of carbonyl (C=O) groups is 1. The zero-order valence-electron chi connectivity index (χ0n) is 16.8. The van der Waals surface area contributed by atoms with Gasteiger partial charge in [0.25, 0.3) is 10.2 Å². The first-order valence-electron chi connectivity index (χ1n) is 9.55. The molecule has 158 valence electrons. The first-order chi connectivity index (χ1) is 13.2. The van der Waals surface area contributed by atoms with Gasteiger partial charge in [0.05, 0.1) is 23.9 Å². The molecule has 3 heterocycles. The number of anilines is 1. The SMILES string of the molecule is Cc1cc(NC(=O)[C@H](C)N2CCN(S(=O)(=O)N3C[C@@H](C)O[C@@H](C)C3)CC2)on1. The number of hydrogen-bond acceptors (Lipinski definition) is 7. The largest absolute Gasteiger partial charge is 0.373 e. The summed E-state index contributed by atoms with van der Waals surface area (Å²) < 4.78 is 39.6. The summed E-state index contributed by atoms with van der Waals surface area (Å²) in [4.78, 5) is 14.4. The zero-order chi connectivity index (χ0) is 20.5. The summed E-state index contributed by atoms with van der Waals surface area (Å²) in [5.74, 6) is 0.106. The molecule has 0 bridgehead atoms. The monoisotopic (exact) mass is 415 g/mol. The Hall–Kier alpha value is -1.53. The molecule has 0 spiro atoms. The molecule has 1 aromatic rings. The fourth-order valence-corrected chi connectivity index (χ4v) is 5.37. The van der Waals surface area contributed by atoms with Gasteiger partial charge in [-0.15, -0.1) is 0 Å². The van der Waals surface area contributed by atoms with Crippen LogP contribution < -0.4 is 5.32 Å². The van der Waals surface area contributed by atoms with E-state index in [1.54, 1.807) is 19.9 Å². The highest BCUT2D eigenvalue weighted by atomic mass is 32.2. The molecular weight excluding hydrogens is 386 g/mol. The van der Waals surface area contributed by atoms with Crippen LogP contribution in [0.25, 0.3) is 0 Å². The number of rotatable bonds is 5. The normalized spacial score (nSPS) is 26.9. The molecule has 0 aromatic carbocycles. The van der Waals surface area contributed by atoms with Crippen LogP contribution in [0.4, 0.5) is 5.88 Å². The van der Waals surface area contributed by atoms with Crippen molar-refractivity contribution in [3.05, 3.63) is 11.8 Å². The van der Waals surface area contributed by atoms with E-state index in [2.05, 4.69) is 10.5 Å². The quantitative estimate of drug-likeness (QED) is 0.736. The summed E-state index contributed by atoms with van der Waals surface area (Å²) in [5, 5.41) is 6.44. The van der Waals surface area contributed by atoms with E-state index in [0.29, 0.717) is 50.8 Å². The molecule has 3 rings (SSSR count). The molecule has 11 heteroatoms. The van der Waals surface area contributed by atoms with Gasteiger partial charge in [0.2, 0.25) is 11.8 Å². The van der Waals surface area contributed by atoms with Crippen molar-refractivity contribution >= 4 is 22.0 Å². The van der Waals surface area contributed by atoms with Crippen molar-refractivity contribution in [3.63, 3.8) is 0 Å². The van der Waals surface area contributed by atoms with E-state index in [1.807, 2.05) is 18.7 Å². The van der Waals surface area contributed by atoms with Gasteiger partial charge in [-0.3, -0.25) is 15.0 Å². The maximum absolute atomic E-state index is 13.0. The van der Waals surface area contributed by atoms with Gasteiger partial charge >= 0.3 is 0 Å². The van der Waals surface area contributed by atoms with Crippen LogP contribution in [0.5, 0.6) is 0 Å². The molecule has 2 aliphatic heterocycles. The molecule has 1 N–H and O–H groups in total. The number of nitrogens with zero attached hydrogens (tertiary/aromatic N) is 4. The second-order valence-electron chi connectivity index (χ2n) is 7.51. The predicted molar refractivity (Wildman–Crippen MR) is 103 cm³/mol. The number of amides is 1. The third-order valence-electron chi connectivity index (χ3n) is 5.11. The molecule has 2 fully saturated rings. The standard InChI is InChI=1S/C17H29N5O5S/c1-12-9-16(27-19-12)18-17(23)15(4)20-5-7-21(8-6-20)28(24,25)22-10-13(2)26-14(3)11-22/h9,13-15H,5-8,10-11H2,1-4H3,(H,18,23)/t13-,14+,15-/m0/s1. The number of nitrogens with one attached hydrogen (secondary N) is 1. The molecule has 0 unspecified atom stereocenters. The van der Waals surface area contributed by atoms with Gasteiger partial charge in [-0.1, -0.05) is 5.16 Å². The lowest BCUT2D eigenvalue weighted by Crippen LogP contribution is -2.58. The summed E-state index contributed by atoms with van der Waals surface area (Å²) in [6.45, 7) is 9.73. The first-order valence-corrected chi connectivity index (χ1v) is 11.0. The van der Waals surface area contributed by atoms with Crippen LogP contribution in [0, 0.1) is 6.92 Å². The van der Waals surface area contributed by atoms with Crippen LogP contribution in [-0.4, -0.2) is 90.5 Å². The van der Waals surface area contributed by atoms with Gasteiger partial charge in [-0.05, 0) is 27.7 Å². The number of morpholine rings is 1. The average molecular weight is 416 g/mol. The van der Waals surface area contributed by atoms with Crippen molar-refractivity contribution in [3.8, 4) is 0 Å². The van der Waals surface area contributed by atoms with Crippen molar-refractivity contribution in [1.29, 1.82) is 0 Å². The fraction of sp³-hybridized carbons (Fsp3) is 0.765. The summed E-state index contributed by atoms with van der Waals surface area (Å²) in [7, 11) is -3.53. The smallest absolute Gasteiger partial charge is 0.282 e. The van der Waals surface area contributed by atoms with E-state index in [1.165, 1.54) is 8.61 Å². The van der Waals surface area contributed by atoms with E-state index in [-0.39, 0.29) is 18.1 Å². The minimum atomic E-state index is -3.53. The molecule has 1 aromatic heterocycles. The number of hydrogen-bond donors (Lipinski definition) is 1. The van der Waals surface area contributed by atoms with Crippen molar-refractivity contribution in [2.75, 3.05) is 44.6 Å². The molecule has 1 amide bonds. The molecular formula is C17H29N5O5S. The molecule has 28 heavy (non-hydrogen) atoms. The number of carbonyl (C=O) groups excluding carboxylic acids is 1. The number of piperazine rings is 1. The lowest BCUT2D eigenvalue weighted by atomic mass is 10.2. The van der Waals surface area contributed by atoms with Gasteiger partial charge in [0, 0.05) is 45.3 Å². The first kappa shape index (κ1) is 21.2. The zero-order valence-corrected chi connectivity index (χ0v) is 17.6. The summed E-state index contributed by atoms with van der Waals surface area (Å²) in [6.07, 6.45) is -0.244. The van der Waals surface area contributed by atoms with Gasteiger partial charge in [-0.2, -0.15) is 17.0 Å². The van der Waals surface area contributed by atoms with E-state index in [4.69, 9.17) is 9.26 Å². The second-order valence-corrected chi connectivity index (χ2v) is 9.44. The minimum Gasteiger partial charge on any atom is -0.373 e. The van der Waals surface area contributed by atoms with E-state index < -0.39 is 16.3 Å². The van der Waals surface area contributed by atoms with Crippen molar-refractivity contribution in [2.24, 2.45) is 0 Å².